The van der Waals surface area contributed by atoms with Crippen LogP contribution >= 0.6 is 23.5 Å². The van der Waals surface area contributed by atoms with Gasteiger partial charge in [0.1, 0.15) is 25.3 Å². The third kappa shape index (κ3) is 8.75. The highest BCUT2D eigenvalue weighted by molar-refractivity contribution is 8.21. The van der Waals surface area contributed by atoms with E-state index in [1.54, 1.807) is 30.4 Å². The number of carboxylic acids is 1. The van der Waals surface area contributed by atoms with Gasteiger partial charge >= 0.3 is 11.9 Å². The Labute approximate surface area is 229 Å². The summed E-state index contributed by atoms with van der Waals surface area (Å²) in [7, 11) is 0. The molecule has 2 saturated heterocycles. The standard InChI is InChI=1S/C24H33N3O9S2/c1-17(25-19(22(29)30)8-7-18-5-3-2-4-6-18)21(28)26-16-24(37-13-14-38-24)15-20(26)23(31)35-11-9-34-10-12-36-27(32)33/h2-6,17,19-20,25H,7-16H2,1H3,(H,29,30). The van der Waals surface area contributed by atoms with Crippen molar-refractivity contribution in [3.8, 4) is 0 Å². The number of likely N-dealkylation sites (tertiary alicyclic amines) is 1. The molecule has 0 saturated carbocycles. The van der Waals surface area contributed by atoms with Crippen LogP contribution in [0.4, 0.5) is 0 Å². The number of benzene rings is 1. The van der Waals surface area contributed by atoms with E-state index in [2.05, 4.69) is 10.2 Å². The number of amides is 1. The lowest BCUT2D eigenvalue weighted by molar-refractivity contribution is -0.758. The number of esters is 1. The summed E-state index contributed by atoms with van der Waals surface area (Å²) in [5.41, 5.74) is 1.01. The van der Waals surface area contributed by atoms with Crippen molar-refractivity contribution in [2.45, 2.75) is 48.4 Å². The minimum atomic E-state index is -1.04. The highest BCUT2D eigenvalue weighted by Crippen LogP contribution is 2.52. The van der Waals surface area contributed by atoms with E-state index in [1.807, 2.05) is 30.3 Å². The van der Waals surface area contributed by atoms with Crippen LogP contribution in [0.1, 0.15) is 25.3 Å². The molecule has 2 aliphatic heterocycles. The molecule has 3 atom stereocenters. The SMILES string of the molecule is CC(NC(CCc1ccccc1)C(=O)O)C(=O)N1CC2(CC1C(=O)OCCOCCO[N+](=O)[O-])SCCS2. The van der Waals surface area contributed by atoms with Crippen LogP contribution in [0.3, 0.4) is 0 Å². The van der Waals surface area contributed by atoms with Crippen molar-refractivity contribution >= 4 is 41.4 Å². The number of carbonyl (C=O) groups excluding carboxylic acids is 2. The van der Waals surface area contributed by atoms with Gasteiger partial charge in [-0.15, -0.1) is 33.6 Å². The Morgan fingerprint density at radius 3 is 2.53 bits per heavy atom. The molecule has 0 bridgehead atoms. The molecule has 38 heavy (non-hydrogen) atoms. The van der Waals surface area contributed by atoms with Crippen molar-refractivity contribution in [2.75, 3.05) is 44.5 Å². The molecule has 210 valence electrons. The Balaban J connectivity index is 1.56. The average Bonchev–Trinajstić information content (AvgIpc) is 3.52. The molecule has 12 nitrogen and oxygen atoms in total. The van der Waals surface area contributed by atoms with Crippen LogP contribution < -0.4 is 5.32 Å². The van der Waals surface area contributed by atoms with E-state index in [1.165, 1.54) is 4.90 Å². The summed E-state index contributed by atoms with van der Waals surface area (Å²) in [6.07, 6.45) is 1.29. The molecule has 2 heterocycles. The molecular formula is C24H33N3O9S2. The average molecular weight is 572 g/mol. The predicted molar refractivity (Wildman–Crippen MR) is 141 cm³/mol. The zero-order valence-electron chi connectivity index (χ0n) is 21.1. The third-order valence-corrected chi connectivity index (χ3v) is 9.67. The molecule has 1 spiro atoms. The molecule has 14 heteroatoms. The van der Waals surface area contributed by atoms with E-state index in [4.69, 9.17) is 9.47 Å². The molecule has 2 fully saturated rings. The highest BCUT2D eigenvalue weighted by Gasteiger charge is 2.52. The van der Waals surface area contributed by atoms with E-state index < -0.39 is 35.2 Å². The monoisotopic (exact) mass is 571 g/mol. The largest absolute Gasteiger partial charge is 0.480 e. The van der Waals surface area contributed by atoms with Crippen LogP contribution in [-0.2, 0) is 35.1 Å². The number of nitrogens with one attached hydrogen (secondary N) is 1. The third-order valence-electron chi connectivity index (χ3n) is 6.24. The summed E-state index contributed by atoms with van der Waals surface area (Å²) in [6, 6.07) is 6.98. The van der Waals surface area contributed by atoms with E-state index in [0.717, 1.165) is 17.1 Å². The maximum atomic E-state index is 13.5. The van der Waals surface area contributed by atoms with Gasteiger partial charge in [0.05, 0.1) is 23.3 Å². The maximum absolute atomic E-state index is 13.5. The first-order chi connectivity index (χ1) is 18.2. The lowest BCUT2D eigenvalue weighted by Crippen LogP contribution is -2.53. The number of ether oxygens (including phenoxy) is 2. The molecule has 1 amide bonds. The van der Waals surface area contributed by atoms with Gasteiger partial charge in [-0.2, -0.15) is 0 Å². The van der Waals surface area contributed by atoms with Crippen LogP contribution in [0.15, 0.2) is 30.3 Å². The number of carboxylic acid groups (broad SMARTS) is 1. The normalized spacial score (nSPS) is 19.7. The Hall–Kier alpha value is -2.55. The van der Waals surface area contributed by atoms with Crippen LogP contribution in [0, 0.1) is 10.1 Å². The lowest BCUT2D eigenvalue weighted by Gasteiger charge is -2.28. The summed E-state index contributed by atoms with van der Waals surface area (Å²) in [5.74, 6) is -0.109. The maximum Gasteiger partial charge on any atom is 0.329 e. The van der Waals surface area contributed by atoms with E-state index in [-0.39, 0.29) is 36.4 Å². The molecule has 2 aliphatic rings. The number of thioether (sulfide) groups is 2. The molecule has 2 N–H and O–H groups in total. The van der Waals surface area contributed by atoms with Crippen LogP contribution in [-0.4, -0.2) is 99.6 Å². The fourth-order valence-electron chi connectivity index (χ4n) is 4.41. The molecule has 3 unspecified atom stereocenters. The van der Waals surface area contributed by atoms with Gasteiger partial charge in [-0.3, -0.25) is 14.9 Å². The van der Waals surface area contributed by atoms with Gasteiger partial charge in [0.2, 0.25) is 5.91 Å². The molecule has 0 aliphatic carbocycles. The number of aryl methyl sites for hydroxylation is 1. The highest BCUT2D eigenvalue weighted by atomic mass is 32.2. The second-order valence-corrected chi connectivity index (χ2v) is 12.1. The van der Waals surface area contributed by atoms with Crippen molar-refractivity contribution in [1.82, 2.24) is 10.2 Å². The lowest BCUT2D eigenvalue weighted by atomic mass is 10.0. The number of hydrogen-bond donors (Lipinski definition) is 2. The molecule has 0 aromatic heterocycles. The Bertz CT molecular complexity index is 963. The smallest absolute Gasteiger partial charge is 0.329 e. The first-order valence-corrected chi connectivity index (χ1v) is 14.3. The van der Waals surface area contributed by atoms with Gasteiger partial charge in [-0.25, -0.2) is 4.79 Å². The summed E-state index contributed by atoms with van der Waals surface area (Å²) in [4.78, 5) is 54.1. The first kappa shape index (κ1) is 30.0. The fourth-order valence-corrected chi connectivity index (χ4v) is 7.67. The fraction of sp³-hybridized carbons (Fsp3) is 0.625. The summed E-state index contributed by atoms with van der Waals surface area (Å²) < 4.78 is 10.2. The van der Waals surface area contributed by atoms with Crippen molar-refractivity contribution in [3.63, 3.8) is 0 Å². The topological polar surface area (TPSA) is 158 Å². The Morgan fingerprint density at radius 2 is 1.87 bits per heavy atom. The quantitative estimate of drug-likeness (QED) is 0.136. The Kier molecular flexibility index (Phi) is 11.5. The van der Waals surface area contributed by atoms with E-state index in [0.29, 0.717) is 25.8 Å². The summed E-state index contributed by atoms with van der Waals surface area (Å²) in [5, 5.41) is 21.9. The number of aliphatic carboxylic acids is 1. The Morgan fingerprint density at radius 1 is 1.18 bits per heavy atom. The predicted octanol–water partition coefficient (Wildman–Crippen LogP) is 1.60. The summed E-state index contributed by atoms with van der Waals surface area (Å²) >= 11 is 3.45. The van der Waals surface area contributed by atoms with Crippen LogP contribution in [0.2, 0.25) is 0 Å². The van der Waals surface area contributed by atoms with Gasteiger partial charge in [-0.05, 0) is 25.3 Å². The summed E-state index contributed by atoms with van der Waals surface area (Å²) in [6.45, 7) is 1.68. The zero-order valence-corrected chi connectivity index (χ0v) is 22.7. The van der Waals surface area contributed by atoms with Gasteiger partial charge in [0, 0.05) is 24.5 Å². The van der Waals surface area contributed by atoms with Gasteiger partial charge in [-0.1, -0.05) is 30.3 Å². The number of rotatable bonds is 15. The van der Waals surface area contributed by atoms with Crippen molar-refractivity contribution in [3.05, 3.63) is 46.0 Å². The molecule has 1 aromatic carbocycles. The van der Waals surface area contributed by atoms with Crippen molar-refractivity contribution in [1.29, 1.82) is 0 Å². The van der Waals surface area contributed by atoms with E-state index in [9.17, 15) is 29.6 Å². The van der Waals surface area contributed by atoms with Gasteiger partial charge < -0.3 is 24.3 Å². The zero-order chi connectivity index (χ0) is 27.5. The minimum absolute atomic E-state index is 0.0266. The second kappa shape index (κ2) is 14.6. The number of nitrogens with zero attached hydrogens (tertiary/aromatic N) is 2. The van der Waals surface area contributed by atoms with Crippen molar-refractivity contribution in [2.24, 2.45) is 0 Å². The minimum Gasteiger partial charge on any atom is -0.480 e. The van der Waals surface area contributed by atoms with Crippen LogP contribution in [0.25, 0.3) is 0 Å². The molecule has 0 radical (unpaired) electrons. The van der Waals surface area contributed by atoms with Gasteiger partial charge in [0.25, 0.3) is 5.09 Å². The number of carbonyl (C=O) groups is 3. The van der Waals surface area contributed by atoms with Gasteiger partial charge in [0.15, 0.2) is 0 Å². The molecule has 3 rings (SSSR count). The van der Waals surface area contributed by atoms with E-state index >= 15 is 0 Å². The van der Waals surface area contributed by atoms with Crippen LogP contribution in [0.5, 0.6) is 0 Å². The second-order valence-electron chi connectivity index (χ2n) is 8.93. The first-order valence-electron chi connectivity index (χ1n) is 12.3. The molecular weight excluding hydrogens is 538 g/mol. The van der Waals surface area contributed by atoms with Crippen molar-refractivity contribution < 1.29 is 38.9 Å². The number of hydrogen-bond acceptors (Lipinski definition) is 11. The molecule has 1 aromatic rings.